The fourth-order valence-corrected chi connectivity index (χ4v) is 2.94. The molecule has 1 aliphatic heterocycles. The highest BCUT2D eigenvalue weighted by Crippen LogP contribution is 2.25. The van der Waals surface area contributed by atoms with Crippen LogP contribution in [0.4, 0.5) is 5.69 Å². The number of aryl methyl sites for hydroxylation is 1. The van der Waals surface area contributed by atoms with Crippen LogP contribution in [-0.2, 0) is 4.79 Å². The predicted octanol–water partition coefficient (Wildman–Crippen LogP) is 3.10. The lowest BCUT2D eigenvalue weighted by Crippen LogP contribution is -2.58. The zero-order chi connectivity index (χ0) is 18.5. The smallest absolute Gasteiger partial charge is 0.276 e. The third kappa shape index (κ3) is 3.79. The van der Waals surface area contributed by atoms with Gasteiger partial charge in [0.2, 0.25) is 0 Å². The van der Waals surface area contributed by atoms with Gasteiger partial charge in [-0.25, -0.2) is 5.01 Å². The van der Waals surface area contributed by atoms with Crippen LogP contribution in [0.5, 0.6) is 5.75 Å². The molecule has 0 radical (unpaired) electrons. The Morgan fingerprint density at radius 1 is 1.19 bits per heavy atom. The van der Waals surface area contributed by atoms with E-state index in [0.717, 1.165) is 24.1 Å². The number of ether oxygens (including phenoxy) is 1. The van der Waals surface area contributed by atoms with Gasteiger partial charge in [0.1, 0.15) is 11.9 Å². The van der Waals surface area contributed by atoms with Crippen LogP contribution in [0, 0.1) is 6.92 Å². The second kappa shape index (κ2) is 7.91. The van der Waals surface area contributed by atoms with Gasteiger partial charge in [0.25, 0.3) is 11.8 Å². The minimum Gasteiger partial charge on any atom is -0.483 e. The lowest BCUT2D eigenvalue weighted by molar-refractivity contribution is -0.127. The highest BCUT2D eigenvalue weighted by molar-refractivity contribution is 6.02. The van der Waals surface area contributed by atoms with E-state index < -0.39 is 0 Å². The molecule has 6 heteroatoms. The number of hydrazine groups is 1. The highest BCUT2D eigenvalue weighted by Gasteiger charge is 2.32. The van der Waals surface area contributed by atoms with Gasteiger partial charge >= 0.3 is 0 Å². The zero-order valence-electron chi connectivity index (χ0n) is 15.0. The van der Waals surface area contributed by atoms with Crippen molar-refractivity contribution in [2.24, 2.45) is 0 Å². The van der Waals surface area contributed by atoms with Crippen molar-refractivity contribution in [1.82, 2.24) is 10.4 Å². The quantitative estimate of drug-likeness (QED) is 0.837. The summed E-state index contributed by atoms with van der Waals surface area (Å²) in [6.07, 6.45) is 1.31. The first-order chi connectivity index (χ1) is 12.6. The monoisotopic (exact) mass is 353 g/mol. The third-order valence-electron chi connectivity index (χ3n) is 4.27. The second-order valence-electron chi connectivity index (χ2n) is 6.26. The molecule has 1 heterocycles. The summed E-state index contributed by atoms with van der Waals surface area (Å²) in [6, 6.07) is 14.8. The fraction of sp³-hybridized carbons (Fsp3) is 0.300. The molecule has 0 aromatic heterocycles. The average molecular weight is 353 g/mol. The number of fused-ring (bicyclic) bond motifs is 1. The maximum absolute atomic E-state index is 12.8. The van der Waals surface area contributed by atoms with Crippen LogP contribution in [0.1, 0.15) is 35.7 Å². The number of anilines is 1. The first-order valence-corrected chi connectivity index (χ1v) is 8.77. The van der Waals surface area contributed by atoms with E-state index in [2.05, 4.69) is 10.7 Å². The van der Waals surface area contributed by atoms with Crippen molar-refractivity contribution in [2.45, 2.75) is 32.9 Å². The average Bonchev–Trinajstić information content (AvgIpc) is 2.64. The van der Waals surface area contributed by atoms with E-state index in [-0.39, 0.29) is 24.6 Å². The van der Waals surface area contributed by atoms with Gasteiger partial charge in [-0.05, 0) is 37.1 Å². The van der Waals surface area contributed by atoms with Crippen LogP contribution in [0.2, 0.25) is 0 Å². The van der Waals surface area contributed by atoms with Gasteiger partial charge in [0, 0.05) is 5.69 Å². The van der Waals surface area contributed by atoms with E-state index in [0.29, 0.717) is 11.3 Å². The molecule has 26 heavy (non-hydrogen) atoms. The van der Waals surface area contributed by atoms with E-state index in [1.165, 1.54) is 5.01 Å². The van der Waals surface area contributed by atoms with Crippen LogP contribution in [0.15, 0.2) is 48.5 Å². The Morgan fingerprint density at radius 2 is 1.92 bits per heavy atom. The van der Waals surface area contributed by atoms with Crippen molar-refractivity contribution in [3.05, 3.63) is 59.7 Å². The van der Waals surface area contributed by atoms with Crippen molar-refractivity contribution in [2.75, 3.05) is 11.9 Å². The van der Waals surface area contributed by atoms with Crippen LogP contribution < -0.4 is 15.5 Å². The lowest BCUT2D eigenvalue weighted by Gasteiger charge is -2.37. The van der Waals surface area contributed by atoms with Gasteiger partial charge in [-0.2, -0.15) is 0 Å². The van der Waals surface area contributed by atoms with E-state index in [9.17, 15) is 9.59 Å². The molecule has 2 aromatic carbocycles. The number of para-hydroxylation sites is 2. The molecule has 6 nitrogen and oxygen atoms in total. The molecule has 1 atom stereocenters. The Bertz CT molecular complexity index is 806. The molecule has 0 saturated heterocycles. The molecule has 3 rings (SSSR count). The SMILES string of the molecule is CCCC1Nc2ccccc2C(=O)N1NC(=O)COc1ccccc1C. The van der Waals surface area contributed by atoms with Crippen LogP contribution in [0.3, 0.4) is 0 Å². The van der Waals surface area contributed by atoms with E-state index in [4.69, 9.17) is 4.74 Å². The number of nitrogens with zero attached hydrogens (tertiary/aromatic N) is 1. The van der Waals surface area contributed by atoms with Gasteiger partial charge in [0.15, 0.2) is 6.61 Å². The molecule has 0 fully saturated rings. The summed E-state index contributed by atoms with van der Waals surface area (Å²) in [7, 11) is 0. The number of hydrogen-bond donors (Lipinski definition) is 2. The van der Waals surface area contributed by atoms with Gasteiger partial charge in [-0.15, -0.1) is 0 Å². The minimum atomic E-state index is -0.371. The maximum Gasteiger partial charge on any atom is 0.276 e. The van der Waals surface area contributed by atoms with Crippen molar-refractivity contribution < 1.29 is 14.3 Å². The van der Waals surface area contributed by atoms with Gasteiger partial charge in [0.05, 0.1) is 5.56 Å². The topological polar surface area (TPSA) is 70.7 Å². The number of nitrogens with one attached hydrogen (secondary N) is 2. The number of benzene rings is 2. The van der Waals surface area contributed by atoms with E-state index >= 15 is 0 Å². The van der Waals surface area contributed by atoms with Gasteiger partial charge in [-0.3, -0.25) is 15.0 Å². The molecule has 1 aliphatic rings. The Morgan fingerprint density at radius 3 is 2.69 bits per heavy atom. The largest absolute Gasteiger partial charge is 0.483 e. The van der Waals surface area contributed by atoms with E-state index in [1.807, 2.05) is 50.2 Å². The van der Waals surface area contributed by atoms with Crippen molar-refractivity contribution in [3.8, 4) is 5.75 Å². The number of rotatable bonds is 6. The van der Waals surface area contributed by atoms with Crippen LogP contribution >= 0.6 is 0 Å². The summed E-state index contributed by atoms with van der Waals surface area (Å²) >= 11 is 0. The molecule has 0 aliphatic carbocycles. The van der Waals surface area contributed by atoms with Crippen molar-refractivity contribution in [1.29, 1.82) is 0 Å². The number of hydrogen-bond acceptors (Lipinski definition) is 4. The Hall–Kier alpha value is -3.02. The predicted molar refractivity (Wildman–Crippen MR) is 99.7 cm³/mol. The molecule has 2 N–H and O–H groups in total. The molecule has 136 valence electrons. The first kappa shape index (κ1) is 17.8. The molecular formula is C20H23N3O3. The minimum absolute atomic E-state index is 0.158. The zero-order valence-corrected chi connectivity index (χ0v) is 15.0. The Labute approximate surface area is 153 Å². The summed E-state index contributed by atoms with van der Waals surface area (Å²) in [5.74, 6) is 0.0622. The summed E-state index contributed by atoms with van der Waals surface area (Å²) in [4.78, 5) is 25.1. The molecule has 0 bridgehead atoms. The van der Waals surface area contributed by atoms with Crippen molar-refractivity contribution in [3.63, 3.8) is 0 Å². The number of carbonyl (C=O) groups excluding carboxylic acids is 2. The summed E-state index contributed by atoms with van der Waals surface area (Å²) < 4.78 is 5.57. The normalized spacial score (nSPS) is 15.8. The molecule has 2 amide bonds. The maximum atomic E-state index is 12.8. The van der Waals surface area contributed by atoms with Gasteiger partial charge in [-0.1, -0.05) is 43.7 Å². The molecule has 0 spiro atoms. The molecular weight excluding hydrogens is 330 g/mol. The standard InChI is InChI=1S/C20H23N3O3/c1-3-8-18-21-16-11-6-5-10-15(16)20(25)23(18)22-19(24)13-26-17-12-7-4-9-14(17)2/h4-7,9-12,18,21H,3,8,13H2,1-2H3,(H,22,24). The Balaban J connectivity index is 1.69. The Kier molecular flexibility index (Phi) is 5.41. The highest BCUT2D eigenvalue weighted by atomic mass is 16.5. The van der Waals surface area contributed by atoms with Gasteiger partial charge < -0.3 is 10.1 Å². The lowest BCUT2D eigenvalue weighted by atomic mass is 10.1. The number of amides is 2. The molecule has 1 unspecified atom stereocenters. The first-order valence-electron chi connectivity index (χ1n) is 8.77. The summed E-state index contributed by atoms with van der Waals surface area (Å²) in [6.45, 7) is 3.79. The number of carbonyl (C=O) groups is 2. The molecule has 0 saturated carbocycles. The van der Waals surface area contributed by atoms with E-state index in [1.54, 1.807) is 12.1 Å². The van der Waals surface area contributed by atoms with Crippen LogP contribution in [0.25, 0.3) is 0 Å². The molecule has 2 aromatic rings. The summed E-state index contributed by atoms with van der Waals surface area (Å²) in [5.41, 5.74) is 4.98. The van der Waals surface area contributed by atoms with Crippen molar-refractivity contribution >= 4 is 17.5 Å². The third-order valence-corrected chi connectivity index (χ3v) is 4.27. The second-order valence-corrected chi connectivity index (χ2v) is 6.26. The summed E-state index contributed by atoms with van der Waals surface area (Å²) in [5, 5.41) is 4.69. The fourth-order valence-electron chi connectivity index (χ4n) is 2.94. The van der Waals surface area contributed by atoms with Crippen LogP contribution in [-0.4, -0.2) is 29.6 Å².